The van der Waals surface area contributed by atoms with Crippen molar-refractivity contribution in [1.29, 1.82) is 0 Å². The average molecular weight is 392 g/mol. The van der Waals surface area contributed by atoms with Crippen molar-refractivity contribution < 1.29 is 18.0 Å². The number of aromatic nitrogens is 5. The van der Waals surface area contributed by atoms with Gasteiger partial charge in [-0.3, -0.25) is 9.48 Å². The number of alkyl halides is 3. The third-order valence-corrected chi connectivity index (χ3v) is 5.00. The van der Waals surface area contributed by atoms with Gasteiger partial charge in [-0.05, 0) is 26.3 Å². The van der Waals surface area contributed by atoms with Crippen LogP contribution in [0.3, 0.4) is 0 Å². The van der Waals surface area contributed by atoms with Crippen LogP contribution < -0.4 is 0 Å². The van der Waals surface area contributed by atoms with Gasteiger partial charge in [-0.25, -0.2) is 9.50 Å². The summed E-state index contributed by atoms with van der Waals surface area (Å²) in [5.41, 5.74) is 1.30. The molecule has 4 rings (SSSR count). The molecule has 10 heteroatoms. The van der Waals surface area contributed by atoms with Crippen LogP contribution in [0.4, 0.5) is 13.2 Å². The van der Waals surface area contributed by atoms with Crippen LogP contribution >= 0.6 is 0 Å². The molecule has 1 fully saturated rings. The van der Waals surface area contributed by atoms with E-state index in [4.69, 9.17) is 0 Å². The number of hydrogen-bond donors (Lipinski definition) is 0. The van der Waals surface area contributed by atoms with Gasteiger partial charge < -0.3 is 4.90 Å². The summed E-state index contributed by atoms with van der Waals surface area (Å²) in [5.74, 6) is -0.258. The first-order valence-electron chi connectivity index (χ1n) is 8.87. The van der Waals surface area contributed by atoms with Crippen LogP contribution in [-0.2, 0) is 13.2 Å². The van der Waals surface area contributed by atoms with Gasteiger partial charge in [0.15, 0.2) is 5.65 Å². The van der Waals surface area contributed by atoms with Gasteiger partial charge in [0, 0.05) is 44.0 Å². The van der Waals surface area contributed by atoms with Crippen molar-refractivity contribution in [2.24, 2.45) is 7.05 Å². The van der Waals surface area contributed by atoms with Crippen LogP contribution in [-0.4, -0.2) is 48.3 Å². The topological polar surface area (TPSA) is 68.3 Å². The van der Waals surface area contributed by atoms with Gasteiger partial charge in [0.05, 0.1) is 17.0 Å². The Morgan fingerprint density at radius 2 is 1.96 bits per heavy atom. The summed E-state index contributed by atoms with van der Waals surface area (Å²) in [6.45, 7) is 4.21. The Bertz CT molecular complexity index is 1070. The molecule has 0 radical (unpaired) electrons. The van der Waals surface area contributed by atoms with E-state index in [1.54, 1.807) is 35.8 Å². The molecule has 0 bridgehead atoms. The maximum atomic E-state index is 13.3. The van der Waals surface area contributed by atoms with Gasteiger partial charge in [0.1, 0.15) is 5.69 Å². The SMILES string of the molecule is Cc1cc(C(F)(F)F)n2nc([C@H]3CCN(C(=O)c4cn(C)nc4C)C3)cc2n1. The number of carbonyl (C=O) groups excluding carboxylic acids is 1. The smallest absolute Gasteiger partial charge is 0.338 e. The molecule has 1 aliphatic heterocycles. The van der Waals surface area contributed by atoms with Crippen LogP contribution in [0.25, 0.3) is 5.65 Å². The maximum Gasteiger partial charge on any atom is 0.433 e. The van der Waals surface area contributed by atoms with Crippen molar-refractivity contribution in [3.63, 3.8) is 0 Å². The van der Waals surface area contributed by atoms with E-state index in [9.17, 15) is 18.0 Å². The molecule has 0 aliphatic carbocycles. The number of carbonyl (C=O) groups is 1. The lowest BCUT2D eigenvalue weighted by Crippen LogP contribution is -2.28. The summed E-state index contributed by atoms with van der Waals surface area (Å²) in [6, 6.07) is 2.57. The predicted octanol–water partition coefficient (Wildman–Crippen LogP) is 2.73. The highest BCUT2D eigenvalue weighted by atomic mass is 19.4. The summed E-state index contributed by atoms with van der Waals surface area (Å²) >= 11 is 0. The fourth-order valence-electron chi connectivity index (χ4n) is 3.69. The Morgan fingerprint density at radius 1 is 1.21 bits per heavy atom. The molecule has 1 saturated heterocycles. The van der Waals surface area contributed by atoms with E-state index < -0.39 is 11.9 Å². The van der Waals surface area contributed by atoms with Crippen LogP contribution in [0.15, 0.2) is 18.3 Å². The molecule has 1 amide bonds. The van der Waals surface area contributed by atoms with Crippen molar-refractivity contribution in [2.45, 2.75) is 32.4 Å². The second kappa shape index (κ2) is 6.32. The largest absolute Gasteiger partial charge is 0.433 e. The molecule has 0 aromatic carbocycles. The van der Waals surface area contributed by atoms with E-state index in [-0.39, 0.29) is 23.2 Å². The van der Waals surface area contributed by atoms with E-state index in [1.807, 2.05) is 0 Å². The fraction of sp³-hybridized carbons (Fsp3) is 0.444. The first-order valence-corrected chi connectivity index (χ1v) is 8.87. The number of fused-ring (bicyclic) bond motifs is 1. The highest BCUT2D eigenvalue weighted by molar-refractivity contribution is 5.95. The molecule has 0 saturated carbocycles. The first-order chi connectivity index (χ1) is 13.1. The third kappa shape index (κ3) is 3.12. The molecule has 3 aromatic heterocycles. The number of hydrogen-bond acceptors (Lipinski definition) is 4. The molecular formula is C18H19F3N6O. The van der Waals surface area contributed by atoms with Crippen molar-refractivity contribution in [3.8, 4) is 0 Å². The van der Waals surface area contributed by atoms with Gasteiger partial charge in [0.2, 0.25) is 0 Å². The highest BCUT2D eigenvalue weighted by Gasteiger charge is 2.36. The molecular weight excluding hydrogens is 373 g/mol. The Kier molecular flexibility index (Phi) is 4.16. The summed E-state index contributed by atoms with van der Waals surface area (Å²) < 4.78 is 42.4. The zero-order chi connectivity index (χ0) is 20.2. The molecule has 0 N–H and O–H groups in total. The fourth-order valence-corrected chi connectivity index (χ4v) is 3.69. The zero-order valence-corrected chi connectivity index (χ0v) is 15.7. The Labute approximate surface area is 158 Å². The van der Waals surface area contributed by atoms with Gasteiger partial charge in [-0.1, -0.05) is 0 Å². The lowest BCUT2D eigenvalue weighted by Gasteiger charge is -2.15. The third-order valence-electron chi connectivity index (χ3n) is 5.00. The van der Waals surface area contributed by atoms with Gasteiger partial charge >= 0.3 is 6.18 Å². The quantitative estimate of drug-likeness (QED) is 0.673. The minimum absolute atomic E-state index is 0.123. The Hall–Kier alpha value is -2.91. The van der Waals surface area contributed by atoms with E-state index >= 15 is 0 Å². The Balaban J connectivity index is 1.61. The minimum atomic E-state index is -4.52. The maximum absolute atomic E-state index is 13.3. The van der Waals surface area contributed by atoms with Gasteiger partial charge in [0.25, 0.3) is 5.91 Å². The molecule has 1 atom stereocenters. The van der Waals surface area contributed by atoms with Crippen molar-refractivity contribution in [1.82, 2.24) is 29.3 Å². The van der Waals surface area contributed by atoms with Crippen LogP contribution in [0.1, 0.15) is 45.5 Å². The van der Waals surface area contributed by atoms with Crippen LogP contribution in [0.2, 0.25) is 0 Å². The highest BCUT2D eigenvalue weighted by Crippen LogP contribution is 2.32. The first kappa shape index (κ1) is 18.5. The number of halogens is 3. The van der Waals surface area contributed by atoms with E-state index in [2.05, 4.69) is 15.2 Å². The summed E-state index contributed by atoms with van der Waals surface area (Å²) in [7, 11) is 1.75. The van der Waals surface area contributed by atoms with E-state index in [0.717, 1.165) is 10.6 Å². The van der Waals surface area contributed by atoms with Crippen LogP contribution in [0.5, 0.6) is 0 Å². The van der Waals surface area contributed by atoms with Crippen molar-refractivity contribution >= 4 is 11.6 Å². The normalized spacial score (nSPS) is 17.6. The molecule has 28 heavy (non-hydrogen) atoms. The number of nitrogens with zero attached hydrogens (tertiary/aromatic N) is 6. The summed E-state index contributed by atoms with van der Waals surface area (Å²) in [4.78, 5) is 18.6. The average Bonchev–Trinajstić information content (AvgIpc) is 3.30. The van der Waals surface area contributed by atoms with Gasteiger partial charge in [-0.2, -0.15) is 23.4 Å². The van der Waals surface area contributed by atoms with Crippen LogP contribution in [0, 0.1) is 13.8 Å². The lowest BCUT2D eigenvalue weighted by molar-refractivity contribution is -0.142. The summed E-state index contributed by atoms with van der Waals surface area (Å²) in [5, 5.41) is 8.36. The monoisotopic (exact) mass is 392 g/mol. The van der Waals surface area contributed by atoms with Crippen molar-refractivity contribution in [3.05, 3.63) is 46.7 Å². The Morgan fingerprint density at radius 3 is 2.61 bits per heavy atom. The number of aryl methyl sites for hydroxylation is 3. The minimum Gasteiger partial charge on any atom is -0.338 e. The predicted molar refractivity (Wildman–Crippen MR) is 93.9 cm³/mol. The van der Waals surface area contributed by atoms with Gasteiger partial charge in [-0.15, -0.1) is 0 Å². The lowest BCUT2D eigenvalue weighted by atomic mass is 10.1. The molecule has 0 unspecified atom stereocenters. The van der Waals surface area contributed by atoms with E-state index in [0.29, 0.717) is 36.5 Å². The molecule has 1 aliphatic rings. The summed E-state index contributed by atoms with van der Waals surface area (Å²) in [6.07, 6.45) is -2.21. The molecule has 4 heterocycles. The number of rotatable bonds is 2. The molecule has 7 nitrogen and oxygen atoms in total. The molecule has 0 spiro atoms. The molecule has 3 aromatic rings. The van der Waals surface area contributed by atoms with E-state index in [1.165, 1.54) is 6.92 Å². The standard InChI is InChI=1S/C18H19F3N6O/c1-10-6-15(18(19,20)21)27-16(22-10)7-14(24-27)12-4-5-26(8-12)17(28)13-9-25(3)23-11(13)2/h6-7,9,12H,4-5,8H2,1-3H3/t12-/m0/s1. The second-order valence-corrected chi connectivity index (χ2v) is 7.16. The second-order valence-electron chi connectivity index (χ2n) is 7.16. The molecule has 148 valence electrons. The number of amides is 1. The number of likely N-dealkylation sites (tertiary alicyclic amines) is 1. The van der Waals surface area contributed by atoms with Crippen molar-refractivity contribution in [2.75, 3.05) is 13.1 Å². The zero-order valence-electron chi connectivity index (χ0n) is 15.7.